The molecule has 4 fully saturated rings. The number of benzene rings is 4. The molecular formula is C94H121ClN12O24S4Si2. The van der Waals surface area contributed by atoms with Crippen molar-refractivity contribution in [3.05, 3.63) is 176 Å². The summed E-state index contributed by atoms with van der Waals surface area (Å²) >= 11 is 4.97. The molecule has 4 aromatic carbocycles. The number of nitrogens with one attached hydrogen (secondary N) is 3. The minimum Gasteiger partial charge on any atom is -0.493 e. The predicted octanol–water partition coefficient (Wildman–Crippen LogP) is 18.7. The highest BCUT2D eigenvalue weighted by molar-refractivity contribution is 8.77. The zero-order valence-corrected chi connectivity index (χ0v) is 85.7. The van der Waals surface area contributed by atoms with E-state index in [0.717, 1.165) is 41.6 Å². The van der Waals surface area contributed by atoms with Crippen LogP contribution < -0.4 is 59.6 Å². The van der Waals surface area contributed by atoms with Crippen LogP contribution in [0.15, 0.2) is 144 Å². The summed E-state index contributed by atoms with van der Waals surface area (Å²) in [6, 6.07) is 17.2. The van der Waals surface area contributed by atoms with E-state index in [2.05, 4.69) is 125 Å². The van der Waals surface area contributed by atoms with Crippen LogP contribution >= 0.6 is 54.8 Å². The van der Waals surface area contributed by atoms with Crippen LogP contribution in [0, 0.1) is 20.2 Å². The Morgan fingerprint density at radius 2 is 0.883 bits per heavy atom. The number of nitrogens with zero attached hydrogens (tertiary/aromatic N) is 8. The molecule has 0 aliphatic carbocycles. The van der Waals surface area contributed by atoms with Crippen LogP contribution in [0.4, 0.5) is 43.7 Å². The quantitative estimate of drug-likeness (QED) is 0.00405. The van der Waals surface area contributed by atoms with Gasteiger partial charge in [-0.05, 0) is 158 Å². The van der Waals surface area contributed by atoms with Gasteiger partial charge in [-0.25, -0.2) is 19.6 Å². The second-order valence-corrected chi connectivity index (χ2v) is 50.9. The lowest BCUT2D eigenvalue weighted by atomic mass is 10.1. The van der Waals surface area contributed by atoms with Gasteiger partial charge in [-0.3, -0.25) is 54.3 Å². The molecule has 0 unspecified atom stereocenters. The number of amides is 7. The van der Waals surface area contributed by atoms with E-state index in [1.807, 2.05) is 0 Å². The number of methoxy groups -OCH3 is 4. The fraction of sp³-hybridized carbons (Fsp3) is 0.468. The van der Waals surface area contributed by atoms with Crippen molar-refractivity contribution < 1.29 is 104 Å². The number of nitrogen functional groups attached to an aromatic ring is 1. The maximum Gasteiger partial charge on any atom is 0.411 e. The van der Waals surface area contributed by atoms with E-state index in [9.17, 15) is 58.6 Å². The fourth-order valence-electron chi connectivity index (χ4n) is 14.7. The number of nitro groups is 2. The molecule has 7 amide bonds. The van der Waals surface area contributed by atoms with Crippen LogP contribution in [0.1, 0.15) is 147 Å². The number of ether oxygens (including phenoxy) is 10. The number of likely N-dealkylation sites (tertiary alicyclic amines) is 2. The highest BCUT2D eigenvalue weighted by Crippen LogP contribution is 2.46. The van der Waals surface area contributed by atoms with Crippen LogP contribution in [0.5, 0.6) is 46.0 Å². The lowest BCUT2D eigenvalue weighted by Crippen LogP contribution is -2.46. The highest BCUT2D eigenvalue weighted by atomic mass is 35.5. The molecule has 6 aromatic rings. The normalized spacial score (nSPS) is 16.8. The van der Waals surface area contributed by atoms with Gasteiger partial charge in [0.1, 0.15) is 47.7 Å². The van der Waals surface area contributed by atoms with E-state index >= 15 is 0 Å². The topological polar surface area (TPSA) is 434 Å². The molecule has 0 bridgehead atoms. The summed E-state index contributed by atoms with van der Waals surface area (Å²) in [6.07, 6.45) is 7.94. The number of pyridine rings is 2. The first-order chi connectivity index (χ1) is 64.9. The summed E-state index contributed by atoms with van der Waals surface area (Å²) < 4.78 is 69.9. The molecule has 0 radical (unpaired) electrons. The van der Waals surface area contributed by atoms with E-state index in [0.29, 0.717) is 205 Å². The molecule has 5 N–H and O–H groups in total. The summed E-state index contributed by atoms with van der Waals surface area (Å²) in [5, 5.41) is 31.1. The second-order valence-electron chi connectivity index (χ2n) is 36.1. The van der Waals surface area contributed by atoms with Gasteiger partial charge in [0.2, 0.25) is 11.8 Å². The monoisotopic (exact) mass is 2020 g/mol. The Morgan fingerprint density at radius 3 is 1.26 bits per heavy atom. The lowest BCUT2D eigenvalue weighted by molar-refractivity contribution is -0.385. The molecule has 137 heavy (non-hydrogen) atoms. The third-order valence-electron chi connectivity index (χ3n) is 24.2. The minimum atomic E-state index is -2.14. The molecule has 0 spiro atoms. The molecule has 4 saturated heterocycles. The first-order valence-electron chi connectivity index (χ1n) is 44.4. The van der Waals surface area contributed by atoms with Crippen molar-refractivity contribution in [1.29, 1.82) is 0 Å². The van der Waals surface area contributed by atoms with Crippen LogP contribution in [-0.4, -0.2) is 246 Å². The van der Waals surface area contributed by atoms with Crippen molar-refractivity contribution in [3.8, 4) is 46.0 Å². The molecular weight excluding hydrogens is 1900 g/mol. The molecule has 6 aliphatic heterocycles. The predicted molar refractivity (Wildman–Crippen MR) is 535 cm³/mol. The number of hydrogen-bond acceptors (Lipinski definition) is 31. The van der Waals surface area contributed by atoms with Crippen molar-refractivity contribution in [2.75, 3.05) is 141 Å². The summed E-state index contributed by atoms with van der Waals surface area (Å²) in [7, 11) is 7.28. The van der Waals surface area contributed by atoms with Gasteiger partial charge in [-0.15, -0.1) is 0 Å². The van der Waals surface area contributed by atoms with Gasteiger partial charge < -0.3 is 92.2 Å². The number of hydrogen-bond donors (Lipinski definition) is 4. The van der Waals surface area contributed by atoms with Gasteiger partial charge in [-0.1, -0.05) is 112 Å². The maximum absolute atomic E-state index is 14.5. The van der Waals surface area contributed by atoms with Gasteiger partial charge in [0.15, 0.2) is 62.6 Å². The number of aromatic nitrogens is 2. The van der Waals surface area contributed by atoms with E-state index in [-0.39, 0.29) is 100 Å². The molecule has 6 aliphatic rings. The summed E-state index contributed by atoms with van der Waals surface area (Å²) in [4.78, 5) is 139. The lowest BCUT2D eigenvalue weighted by Gasteiger charge is -2.38. The molecule has 8 heterocycles. The summed E-state index contributed by atoms with van der Waals surface area (Å²) in [5.41, 5.74) is 11.5. The van der Waals surface area contributed by atoms with Crippen LogP contribution in [0.25, 0.3) is 0 Å². The average molecular weight is 2020 g/mol. The van der Waals surface area contributed by atoms with Crippen molar-refractivity contribution >= 4 is 153 Å². The smallest absolute Gasteiger partial charge is 0.411 e. The Morgan fingerprint density at radius 1 is 0.511 bits per heavy atom. The van der Waals surface area contributed by atoms with Crippen molar-refractivity contribution in [2.24, 2.45) is 0 Å². The Balaban J connectivity index is 0.000000247. The number of carbonyl (C=O) groups is 8. The molecule has 43 heteroatoms. The molecule has 0 saturated carbocycles. The van der Waals surface area contributed by atoms with Gasteiger partial charge in [0.25, 0.3) is 35.0 Å². The largest absolute Gasteiger partial charge is 0.493 e. The highest BCUT2D eigenvalue weighted by Gasteiger charge is 2.46. The number of rotatable bonds is 41. The van der Waals surface area contributed by atoms with Crippen LogP contribution in [-0.2, 0) is 27.9 Å². The third-order valence-corrected chi connectivity index (χ3v) is 37.8. The number of anilines is 4. The van der Waals surface area contributed by atoms with Crippen molar-refractivity contribution in [1.82, 2.24) is 29.6 Å². The van der Waals surface area contributed by atoms with Gasteiger partial charge in [0, 0.05) is 91.4 Å². The second kappa shape index (κ2) is 48.8. The molecule has 740 valence electrons. The fourth-order valence-corrected chi connectivity index (χ4v) is 20.2. The SMILES string of the molecule is C=C1C[C@@H](CO[Si](C)(C)C(C)(C)C)N(C(=O)c2cc(OC)c(OCCCCCOc3cc4c(cc3OC)C(=O)N3CC(=C)C[C@H]3C(=O)N4)cc2N)C1.C=C1C[C@@H](CO[Si](C)(C)C(C)(C)C)N(C(=O)c2cc(OC)c(OCCCCCOc3cc4c(cc3OC)C(=O)N3CC(=C)C[C@H]3C(=O)N4)cc2NC(=O)OCCSSc2ccc([N+](=O)[O-])cn2)C1.O=C(Cl)OCCSSc1ccc([N+](=O)[O-])cn1. The Hall–Kier alpha value is -11.3. The molecule has 2 aromatic heterocycles. The van der Waals surface area contributed by atoms with E-state index in [1.165, 1.54) is 101 Å². The zero-order valence-electron chi connectivity index (χ0n) is 79.7. The Bertz CT molecular complexity index is 5480. The van der Waals surface area contributed by atoms with Crippen LogP contribution in [0.3, 0.4) is 0 Å². The molecule has 36 nitrogen and oxygen atoms in total. The number of fused-ring (bicyclic) bond motifs is 4. The molecule has 12 rings (SSSR count). The van der Waals surface area contributed by atoms with Crippen LogP contribution in [0.2, 0.25) is 36.3 Å². The van der Waals surface area contributed by atoms with Gasteiger partial charge in [0.05, 0.1) is 129 Å². The van der Waals surface area contributed by atoms with E-state index < -0.39 is 50.1 Å². The molecule has 4 atom stereocenters. The average Bonchev–Trinajstić information content (AvgIpc) is 1.19. The van der Waals surface area contributed by atoms with E-state index in [4.69, 9.17) is 68.8 Å². The van der Waals surface area contributed by atoms with Crippen molar-refractivity contribution in [2.45, 2.75) is 176 Å². The van der Waals surface area contributed by atoms with Crippen molar-refractivity contribution in [3.63, 3.8) is 0 Å². The Labute approximate surface area is 820 Å². The number of unbranched alkanes of at least 4 members (excludes halogenated alkanes) is 4. The standard InChI is InChI=1S/C47H60N6O12S2Si.C39H54N4O8Si.C8H7ClN2O4S2/c1-29-19-32(28-65-68(8,9)47(3,4)5)51(26-29)44(55)34-22-39(61-7)41(24-36(34)50-46(57)64-17-18-66-67-42-14-13-31(25-48-42)53(58)59)63-16-12-10-11-15-62-40-23-35-33(21-38(40)60-6)45(56)52-27-30(2)20-37(52)43(54)49-35;1-24-15-26(23-51-52(8,9)39(3,4)5)42(21-24)37(45)27-17-32(47-6)34(19-29(27)40)49-13-11-10-12-14-50-35-20-30-28(18-33(35)48-7)38(46)43-22-25(2)16-31(43)36(44)41-30;9-8(12)15-3-4-16-17-7-2-1-6(5-10-7)11(13)14/h13-14,21-25,32,37H,1-2,10-12,15-20,26-28H2,3-9H3,(H,49,54)(H,50,57);17-20,26,31H,1-2,10-16,21-23,40H2,3-9H3,(H,41,44);1-2,5H,3-4H2/t32-,37-;26-,31-;/m00./s1. The number of carbonyl (C=O) groups excluding carboxylic acids is 8. The first kappa shape index (κ1) is 108. The summed E-state index contributed by atoms with van der Waals surface area (Å²) in [5.74, 6) is 2.49. The van der Waals surface area contributed by atoms with Gasteiger partial charge in [-0.2, -0.15) is 0 Å². The first-order valence-corrected chi connectivity index (χ1v) is 55.3. The Kier molecular flexibility index (Phi) is 38.4. The third kappa shape index (κ3) is 29.0. The number of halogens is 1. The van der Waals surface area contributed by atoms with Gasteiger partial charge >= 0.3 is 11.5 Å². The zero-order chi connectivity index (χ0) is 100.0. The maximum atomic E-state index is 14.5. The van der Waals surface area contributed by atoms with E-state index in [1.54, 1.807) is 75.4 Å². The summed E-state index contributed by atoms with van der Waals surface area (Å²) in [6.45, 7) is 42.0. The minimum absolute atomic E-state index is 0.0211. The number of nitrogens with two attached hydrogens (primary N) is 1.